The van der Waals surface area contributed by atoms with Crippen molar-refractivity contribution in [1.82, 2.24) is 4.90 Å². The van der Waals surface area contributed by atoms with E-state index in [9.17, 15) is 4.79 Å². The summed E-state index contributed by atoms with van der Waals surface area (Å²) in [6, 6.07) is 3.76. The van der Waals surface area contributed by atoms with Crippen molar-refractivity contribution in [3.8, 4) is 11.5 Å². The van der Waals surface area contributed by atoms with Crippen molar-refractivity contribution < 1.29 is 23.4 Å². The number of hydrogen-bond acceptors (Lipinski definition) is 5. The molecule has 1 aromatic carbocycles. The number of methoxy groups -OCH3 is 2. The van der Waals surface area contributed by atoms with Crippen molar-refractivity contribution in [2.45, 2.75) is 32.6 Å². The molecule has 3 heterocycles. The number of fused-ring (bicyclic) bond motifs is 1. The fraction of sp³-hybridized carbons (Fsp3) is 0.571. The molecule has 2 aliphatic rings. The van der Waals surface area contributed by atoms with Gasteiger partial charge in [-0.05, 0) is 50.2 Å². The van der Waals surface area contributed by atoms with Crippen molar-refractivity contribution in [2.24, 2.45) is 5.41 Å². The van der Waals surface area contributed by atoms with Crippen LogP contribution in [0.15, 0.2) is 16.5 Å². The highest BCUT2D eigenvalue weighted by atomic mass is 16.5. The Kier molecular flexibility index (Phi) is 4.76. The molecular weight excluding hydrogens is 346 g/mol. The quantitative estimate of drug-likeness (QED) is 0.819. The molecule has 1 spiro atoms. The first-order valence-electron chi connectivity index (χ1n) is 9.60. The average molecular weight is 373 g/mol. The molecule has 2 aliphatic heterocycles. The monoisotopic (exact) mass is 373 g/mol. The Balaban J connectivity index is 1.59. The highest BCUT2D eigenvalue weighted by Crippen LogP contribution is 2.42. The molecule has 2 fully saturated rings. The fourth-order valence-electron chi connectivity index (χ4n) is 4.43. The van der Waals surface area contributed by atoms with Crippen LogP contribution in [0.4, 0.5) is 0 Å². The van der Waals surface area contributed by atoms with Gasteiger partial charge in [0.2, 0.25) is 5.75 Å². The zero-order chi connectivity index (χ0) is 19.0. The second-order valence-electron chi connectivity index (χ2n) is 7.64. The van der Waals surface area contributed by atoms with Gasteiger partial charge in [-0.1, -0.05) is 0 Å². The number of rotatable bonds is 3. The van der Waals surface area contributed by atoms with E-state index in [2.05, 4.69) is 0 Å². The molecule has 0 radical (unpaired) electrons. The van der Waals surface area contributed by atoms with E-state index in [0.29, 0.717) is 28.3 Å². The number of benzene rings is 1. The van der Waals surface area contributed by atoms with Gasteiger partial charge in [-0.3, -0.25) is 4.79 Å². The van der Waals surface area contributed by atoms with Crippen molar-refractivity contribution in [3.05, 3.63) is 23.5 Å². The third-order valence-electron chi connectivity index (χ3n) is 6.31. The molecular formula is C21H27NO5. The fourth-order valence-corrected chi connectivity index (χ4v) is 4.43. The van der Waals surface area contributed by atoms with E-state index < -0.39 is 0 Å². The van der Waals surface area contributed by atoms with E-state index in [-0.39, 0.29) is 5.91 Å². The van der Waals surface area contributed by atoms with E-state index in [0.717, 1.165) is 62.9 Å². The smallest absolute Gasteiger partial charge is 0.289 e. The van der Waals surface area contributed by atoms with E-state index in [1.54, 1.807) is 14.2 Å². The molecule has 0 unspecified atom stereocenters. The summed E-state index contributed by atoms with van der Waals surface area (Å²) >= 11 is 0. The molecule has 0 N–H and O–H groups in total. The maximum absolute atomic E-state index is 13.2. The molecule has 1 aromatic heterocycles. The number of amides is 1. The number of carbonyl (C=O) groups excluding carboxylic acids is 1. The van der Waals surface area contributed by atoms with E-state index in [1.165, 1.54) is 0 Å². The SMILES string of the molecule is COc1ccc2c(C)c(C(=O)N3CCC4(CCOCC4)CC3)oc2c1OC. The van der Waals surface area contributed by atoms with Gasteiger partial charge in [0.25, 0.3) is 5.91 Å². The minimum Gasteiger partial charge on any atom is -0.493 e. The molecule has 2 saturated heterocycles. The molecule has 0 bridgehead atoms. The first-order valence-corrected chi connectivity index (χ1v) is 9.60. The molecule has 146 valence electrons. The molecule has 2 aromatic rings. The van der Waals surface area contributed by atoms with Gasteiger partial charge in [0.1, 0.15) is 0 Å². The Morgan fingerprint density at radius 3 is 2.41 bits per heavy atom. The van der Waals surface area contributed by atoms with E-state index in [4.69, 9.17) is 18.6 Å². The van der Waals surface area contributed by atoms with Gasteiger partial charge in [0.05, 0.1) is 14.2 Å². The number of piperidine rings is 1. The number of aryl methyl sites for hydroxylation is 1. The van der Waals surface area contributed by atoms with Gasteiger partial charge in [0, 0.05) is 37.3 Å². The van der Waals surface area contributed by atoms with Gasteiger partial charge in [-0.25, -0.2) is 0 Å². The summed E-state index contributed by atoms with van der Waals surface area (Å²) in [7, 11) is 3.17. The zero-order valence-corrected chi connectivity index (χ0v) is 16.3. The van der Waals surface area contributed by atoms with Crippen molar-refractivity contribution in [1.29, 1.82) is 0 Å². The van der Waals surface area contributed by atoms with E-state index >= 15 is 0 Å². The van der Waals surface area contributed by atoms with Crippen LogP contribution in [0.5, 0.6) is 11.5 Å². The first kappa shape index (κ1) is 18.2. The van der Waals surface area contributed by atoms with Crippen molar-refractivity contribution in [3.63, 3.8) is 0 Å². The Labute approximate surface area is 159 Å². The third-order valence-corrected chi connectivity index (χ3v) is 6.31. The molecule has 4 rings (SSSR count). The number of furan rings is 1. The first-order chi connectivity index (χ1) is 13.1. The van der Waals surface area contributed by atoms with Crippen LogP contribution in [-0.2, 0) is 4.74 Å². The summed E-state index contributed by atoms with van der Waals surface area (Å²) in [5, 5.41) is 0.883. The maximum atomic E-state index is 13.2. The normalized spacial score (nSPS) is 19.4. The van der Waals surface area contributed by atoms with Gasteiger partial charge in [0.15, 0.2) is 17.1 Å². The minimum absolute atomic E-state index is 0.0355. The Morgan fingerprint density at radius 1 is 1.07 bits per heavy atom. The van der Waals surface area contributed by atoms with Crippen LogP contribution >= 0.6 is 0 Å². The predicted molar refractivity (Wildman–Crippen MR) is 102 cm³/mol. The zero-order valence-electron chi connectivity index (χ0n) is 16.3. The number of likely N-dealkylation sites (tertiary alicyclic amines) is 1. The van der Waals surface area contributed by atoms with Gasteiger partial charge < -0.3 is 23.5 Å². The van der Waals surface area contributed by atoms with Gasteiger partial charge in [-0.2, -0.15) is 0 Å². The summed E-state index contributed by atoms with van der Waals surface area (Å²) in [6.07, 6.45) is 4.29. The lowest BCUT2D eigenvalue weighted by Crippen LogP contribution is -2.45. The van der Waals surface area contributed by atoms with E-state index in [1.807, 2.05) is 24.0 Å². The lowest BCUT2D eigenvalue weighted by atomic mass is 9.72. The summed E-state index contributed by atoms with van der Waals surface area (Å²) in [5.41, 5.74) is 1.77. The van der Waals surface area contributed by atoms with Gasteiger partial charge in [-0.15, -0.1) is 0 Å². The highest BCUT2D eigenvalue weighted by Gasteiger charge is 2.38. The second kappa shape index (κ2) is 7.08. The van der Waals surface area contributed by atoms with Crippen LogP contribution in [0.25, 0.3) is 11.0 Å². The molecule has 0 aliphatic carbocycles. The van der Waals surface area contributed by atoms with Crippen LogP contribution in [-0.4, -0.2) is 51.3 Å². The minimum atomic E-state index is -0.0355. The Bertz CT molecular complexity index is 840. The topological polar surface area (TPSA) is 61.1 Å². The summed E-state index contributed by atoms with van der Waals surface area (Å²) in [5.74, 6) is 1.49. The van der Waals surface area contributed by atoms with Crippen LogP contribution < -0.4 is 9.47 Å². The van der Waals surface area contributed by atoms with Crippen LogP contribution in [0.2, 0.25) is 0 Å². The highest BCUT2D eigenvalue weighted by molar-refractivity contribution is 6.00. The number of ether oxygens (including phenoxy) is 3. The van der Waals surface area contributed by atoms with Crippen LogP contribution in [0.3, 0.4) is 0 Å². The lowest BCUT2D eigenvalue weighted by molar-refractivity contribution is -0.0179. The second-order valence-corrected chi connectivity index (χ2v) is 7.64. The molecule has 0 atom stereocenters. The van der Waals surface area contributed by atoms with Crippen LogP contribution in [0.1, 0.15) is 41.8 Å². The molecule has 27 heavy (non-hydrogen) atoms. The third kappa shape index (κ3) is 3.06. The Hall–Kier alpha value is -2.21. The van der Waals surface area contributed by atoms with Crippen LogP contribution in [0, 0.1) is 12.3 Å². The largest absolute Gasteiger partial charge is 0.493 e. The average Bonchev–Trinajstić information content (AvgIpc) is 3.04. The summed E-state index contributed by atoms with van der Waals surface area (Å²) in [6.45, 7) is 5.16. The molecule has 1 amide bonds. The molecule has 0 saturated carbocycles. The maximum Gasteiger partial charge on any atom is 0.289 e. The standard InChI is InChI=1S/C21H27NO5/c1-14-15-4-5-16(24-2)19(25-3)18(15)27-17(14)20(23)22-10-6-21(7-11-22)8-12-26-13-9-21/h4-5H,6-13H2,1-3H3. The summed E-state index contributed by atoms with van der Waals surface area (Å²) < 4.78 is 22.3. The predicted octanol–water partition coefficient (Wildman–Crippen LogP) is 3.79. The molecule has 6 heteroatoms. The molecule has 6 nitrogen and oxygen atoms in total. The number of nitrogens with zero attached hydrogens (tertiary/aromatic N) is 1. The number of carbonyl (C=O) groups is 1. The van der Waals surface area contributed by atoms with Crippen molar-refractivity contribution >= 4 is 16.9 Å². The Morgan fingerprint density at radius 2 is 1.78 bits per heavy atom. The summed E-state index contributed by atoms with van der Waals surface area (Å²) in [4.78, 5) is 15.1. The van der Waals surface area contributed by atoms with Crippen molar-refractivity contribution in [2.75, 3.05) is 40.5 Å². The number of hydrogen-bond donors (Lipinski definition) is 0. The lowest BCUT2D eigenvalue weighted by Gasteiger charge is -2.43. The van der Waals surface area contributed by atoms with Gasteiger partial charge >= 0.3 is 0 Å².